The van der Waals surface area contributed by atoms with Gasteiger partial charge in [0, 0.05) is 18.1 Å². The highest BCUT2D eigenvalue weighted by Gasteiger charge is 2.32. The number of benzene rings is 1. The van der Waals surface area contributed by atoms with Crippen molar-refractivity contribution < 1.29 is 19.4 Å². The topological polar surface area (TPSA) is 67.8 Å². The maximum Gasteiger partial charge on any atom is 0.258 e. The Morgan fingerprint density at radius 1 is 1.62 bits per heavy atom. The molecule has 0 aromatic heterocycles. The van der Waals surface area contributed by atoms with Gasteiger partial charge in [0.15, 0.2) is 6.61 Å². The highest BCUT2D eigenvalue weighted by atomic mass is 16.5. The standard InChI is InChI=1S/C16H19NO4/c1-4-7-17-15(19)10-20-11-5-6-12-13(18)9-16(2,3)21-14(12)8-11/h1,5-6,8,13,18H,7,9-10H2,2-3H3,(H,17,19). The number of carbonyl (C=O) groups excluding carboxylic acids is 1. The molecule has 1 heterocycles. The van der Waals surface area contributed by atoms with Gasteiger partial charge in [-0.25, -0.2) is 0 Å². The van der Waals surface area contributed by atoms with Crippen LogP contribution in [0.4, 0.5) is 0 Å². The number of fused-ring (bicyclic) bond motifs is 1. The molecule has 1 amide bonds. The predicted molar refractivity (Wildman–Crippen MR) is 78.1 cm³/mol. The summed E-state index contributed by atoms with van der Waals surface area (Å²) in [7, 11) is 0. The number of hydrogen-bond donors (Lipinski definition) is 2. The minimum absolute atomic E-state index is 0.119. The van der Waals surface area contributed by atoms with Gasteiger partial charge in [-0.05, 0) is 26.0 Å². The smallest absolute Gasteiger partial charge is 0.258 e. The summed E-state index contributed by atoms with van der Waals surface area (Å²) in [4.78, 5) is 11.4. The van der Waals surface area contributed by atoms with Crippen LogP contribution in [0.1, 0.15) is 31.9 Å². The van der Waals surface area contributed by atoms with Gasteiger partial charge in [-0.2, -0.15) is 0 Å². The quantitative estimate of drug-likeness (QED) is 0.822. The second-order valence-electron chi connectivity index (χ2n) is 5.55. The number of terminal acetylenes is 1. The highest BCUT2D eigenvalue weighted by Crippen LogP contribution is 2.40. The molecule has 21 heavy (non-hydrogen) atoms. The summed E-state index contributed by atoms with van der Waals surface area (Å²) in [5.74, 6) is 3.12. The number of carbonyl (C=O) groups is 1. The van der Waals surface area contributed by atoms with Gasteiger partial charge in [0.1, 0.15) is 17.1 Å². The lowest BCUT2D eigenvalue weighted by molar-refractivity contribution is -0.122. The fourth-order valence-electron chi connectivity index (χ4n) is 2.23. The molecule has 5 heteroatoms. The van der Waals surface area contributed by atoms with Gasteiger partial charge >= 0.3 is 0 Å². The van der Waals surface area contributed by atoms with Gasteiger partial charge in [0.05, 0.1) is 12.6 Å². The summed E-state index contributed by atoms with van der Waals surface area (Å²) in [6.07, 6.45) is 5.03. The first-order chi connectivity index (χ1) is 9.91. The molecule has 112 valence electrons. The van der Waals surface area contributed by atoms with Gasteiger partial charge in [-0.1, -0.05) is 5.92 Å². The van der Waals surface area contributed by atoms with Crippen LogP contribution in [0.5, 0.6) is 11.5 Å². The first kappa shape index (κ1) is 15.2. The Bertz CT molecular complexity index is 574. The molecule has 1 aliphatic heterocycles. The number of nitrogens with one attached hydrogen (secondary N) is 1. The van der Waals surface area contributed by atoms with Gasteiger partial charge < -0.3 is 19.9 Å². The molecular weight excluding hydrogens is 270 g/mol. The van der Waals surface area contributed by atoms with Crippen LogP contribution in [0.25, 0.3) is 0 Å². The van der Waals surface area contributed by atoms with Crippen molar-refractivity contribution in [2.75, 3.05) is 13.2 Å². The van der Waals surface area contributed by atoms with E-state index in [1.54, 1.807) is 18.2 Å². The van der Waals surface area contributed by atoms with E-state index in [2.05, 4.69) is 11.2 Å². The molecule has 1 aliphatic rings. The van der Waals surface area contributed by atoms with E-state index in [4.69, 9.17) is 15.9 Å². The van der Waals surface area contributed by atoms with E-state index in [1.165, 1.54) is 0 Å². The van der Waals surface area contributed by atoms with Crippen molar-refractivity contribution in [3.63, 3.8) is 0 Å². The van der Waals surface area contributed by atoms with Crippen molar-refractivity contribution in [1.82, 2.24) is 5.32 Å². The SMILES string of the molecule is C#CCNC(=O)COc1ccc2c(c1)OC(C)(C)CC2O. The first-order valence-corrected chi connectivity index (χ1v) is 6.75. The molecule has 1 aromatic rings. The fraction of sp³-hybridized carbons (Fsp3) is 0.438. The van der Waals surface area contributed by atoms with Gasteiger partial charge in [0.25, 0.3) is 5.91 Å². The molecule has 2 N–H and O–H groups in total. The lowest BCUT2D eigenvalue weighted by Crippen LogP contribution is -2.34. The minimum Gasteiger partial charge on any atom is -0.487 e. The van der Waals surface area contributed by atoms with Crippen molar-refractivity contribution in [2.45, 2.75) is 32.0 Å². The predicted octanol–water partition coefficient (Wildman–Crippen LogP) is 1.41. The third-order valence-corrected chi connectivity index (χ3v) is 3.17. The molecule has 1 atom stereocenters. The van der Waals surface area contributed by atoms with Gasteiger partial charge in [0.2, 0.25) is 0 Å². The van der Waals surface area contributed by atoms with Crippen LogP contribution < -0.4 is 14.8 Å². The van der Waals surface area contributed by atoms with Crippen LogP contribution in [-0.4, -0.2) is 29.8 Å². The molecule has 0 aliphatic carbocycles. The van der Waals surface area contributed by atoms with Crippen molar-refractivity contribution in [3.05, 3.63) is 23.8 Å². The third-order valence-electron chi connectivity index (χ3n) is 3.17. The zero-order valence-corrected chi connectivity index (χ0v) is 12.2. The first-order valence-electron chi connectivity index (χ1n) is 6.75. The van der Waals surface area contributed by atoms with Crippen LogP contribution in [0.2, 0.25) is 0 Å². The number of aliphatic hydroxyl groups is 1. The largest absolute Gasteiger partial charge is 0.487 e. The summed E-state index contributed by atoms with van der Waals surface area (Å²) in [5.41, 5.74) is 0.299. The van der Waals surface area contributed by atoms with E-state index in [0.29, 0.717) is 17.9 Å². The molecule has 0 saturated heterocycles. The Morgan fingerprint density at radius 2 is 2.38 bits per heavy atom. The van der Waals surface area contributed by atoms with Crippen molar-refractivity contribution in [1.29, 1.82) is 0 Å². The monoisotopic (exact) mass is 289 g/mol. The van der Waals surface area contributed by atoms with Crippen LogP contribution >= 0.6 is 0 Å². The molecular formula is C16H19NO4. The molecule has 0 fully saturated rings. The van der Waals surface area contributed by atoms with E-state index in [1.807, 2.05) is 13.8 Å². The molecule has 0 spiro atoms. The third kappa shape index (κ3) is 3.89. The second-order valence-corrected chi connectivity index (χ2v) is 5.55. The van der Waals surface area contributed by atoms with E-state index < -0.39 is 11.7 Å². The van der Waals surface area contributed by atoms with Gasteiger partial charge in [-0.15, -0.1) is 6.42 Å². The lowest BCUT2D eigenvalue weighted by Gasteiger charge is -2.35. The molecule has 2 rings (SSSR count). The van der Waals surface area contributed by atoms with Gasteiger partial charge in [-0.3, -0.25) is 4.79 Å². The summed E-state index contributed by atoms with van der Waals surface area (Å²) < 4.78 is 11.2. The maximum atomic E-state index is 11.4. The average molecular weight is 289 g/mol. The number of amides is 1. The summed E-state index contributed by atoms with van der Waals surface area (Å²) in [6.45, 7) is 3.89. The highest BCUT2D eigenvalue weighted by molar-refractivity contribution is 5.77. The minimum atomic E-state index is -0.559. The fourth-order valence-corrected chi connectivity index (χ4v) is 2.23. The Kier molecular flexibility index (Phi) is 4.39. The second kappa shape index (κ2) is 6.06. The number of rotatable bonds is 4. The zero-order valence-electron chi connectivity index (χ0n) is 12.2. The number of aliphatic hydroxyl groups excluding tert-OH is 1. The van der Waals surface area contributed by atoms with Crippen molar-refractivity contribution in [2.24, 2.45) is 0 Å². The Morgan fingerprint density at radius 3 is 3.10 bits per heavy atom. The summed E-state index contributed by atoms with van der Waals surface area (Å²) in [5, 5.41) is 12.6. The molecule has 5 nitrogen and oxygen atoms in total. The zero-order chi connectivity index (χ0) is 15.5. The van der Waals surface area contributed by atoms with Crippen LogP contribution in [0.3, 0.4) is 0 Å². The summed E-state index contributed by atoms with van der Waals surface area (Å²) in [6, 6.07) is 5.15. The Hall–Kier alpha value is -2.19. The van der Waals surface area contributed by atoms with Crippen molar-refractivity contribution >= 4 is 5.91 Å². The number of hydrogen-bond acceptors (Lipinski definition) is 4. The Balaban J connectivity index is 2.04. The normalized spacial score (nSPS) is 18.9. The molecule has 1 unspecified atom stereocenters. The van der Waals surface area contributed by atoms with E-state index in [-0.39, 0.29) is 19.1 Å². The molecule has 0 saturated carbocycles. The van der Waals surface area contributed by atoms with Crippen molar-refractivity contribution in [3.8, 4) is 23.8 Å². The maximum absolute atomic E-state index is 11.4. The average Bonchev–Trinajstić information content (AvgIpc) is 2.41. The van der Waals surface area contributed by atoms with Crippen LogP contribution in [0.15, 0.2) is 18.2 Å². The van der Waals surface area contributed by atoms with E-state index in [9.17, 15) is 9.90 Å². The lowest BCUT2D eigenvalue weighted by atomic mass is 9.92. The van der Waals surface area contributed by atoms with Crippen LogP contribution in [0, 0.1) is 12.3 Å². The van der Waals surface area contributed by atoms with Crippen LogP contribution in [-0.2, 0) is 4.79 Å². The number of ether oxygens (including phenoxy) is 2. The van der Waals surface area contributed by atoms with E-state index in [0.717, 1.165) is 5.56 Å². The van der Waals surface area contributed by atoms with E-state index >= 15 is 0 Å². The molecule has 0 radical (unpaired) electrons. The summed E-state index contributed by atoms with van der Waals surface area (Å²) >= 11 is 0. The molecule has 1 aromatic carbocycles. The Labute approximate surface area is 124 Å². The molecule has 0 bridgehead atoms.